The van der Waals surface area contributed by atoms with Crippen LogP contribution in [0.15, 0.2) is 84.7 Å². The van der Waals surface area contributed by atoms with E-state index >= 15 is 0 Å². The van der Waals surface area contributed by atoms with Crippen molar-refractivity contribution in [2.45, 2.75) is 25.9 Å². The number of rotatable bonds is 7. The maximum Gasteiger partial charge on any atom is 0.295 e. The van der Waals surface area contributed by atoms with Crippen LogP contribution in [0.5, 0.6) is 5.75 Å². The van der Waals surface area contributed by atoms with Crippen molar-refractivity contribution in [3.05, 3.63) is 101 Å². The zero-order valence-electron chi connectivity index (χ0n) is 17.8. The van der Waals surface area contributed by atoms with Crippen LogP contribution in [0.25, 0.3) is 5.76 Å². The van der Waals surface area contributed by atoms with Crippen molar-refractivity contribution >= 4 is 17.4 Å². The minimum absolute atomic E-state index is 0.0600. The van der Waals surface area contributed by atoms with E-state index in [-0.39, 0.29) is 17.9 Å². The first kappa shape index (κ1) is 21.3. The first-order chi connectivity index (χ1) is 15.6. The Morgan fingerprint density at radius 1 is 1.03 bits per heavy atom. The summed E-state index contributed by atoms with van der Waals surface area (Å²) < 4.78 is 5.77. The number of Topliss-reactive ketones (excluding diaryl/α,β-unsaturated/α-hetero) is 1. The second kappa shape index (κ2) is 9.47. The summed E-state index contributed by atoms with van der Waals surface area (Å²) in [5, 5.41) is 11.1. The molecular weight excluding hydrogens is 404 g/mol. The summed E-state index contributed by atoms with van der Waals surface area (Å²) in [6.45, 7) is 2.82. The zero-order chi connectivity index (χ0) is 22.5. The largest absolute Gasteiger partial charge is 0.507 e. The Balaban J connectivity index is 1.83. The Labute approximate surface area is 186 Å². The molecule has 1 unspecified atom stereocenters. The Morgan fingerprint density at radius 2 is 1.78 bits per heavy atom. The molecule has 4 rings (SSSR count). The van der Waals surface area contributed by atoms with Gasteiger partial charge in [0, 0.05) is 24.5 Å². The number of aromatic nitrogens is 1. The van der Waals surface area contributed by atoms with Crippen molar-refractivity contribution in [3.63, 3.8) is 0 Å². The van der Waals surface area contributed by atoms with Crippen LogP contribution in [0.4, 0.5) is 0 Å². The van der Waals surface area contributed by atoms with Crippen LogP contribution < -0.4 is 4.74 Å². The molecule has 2 heterocycles. The van der Waals surface area contributed by atoms with Gasteiger partial charge in [-0.2, -0.15) is 0 Å². The Bertz CT molecular complexity index is 1140. The summed E-state index contributed by atoms with van der Waals surface area (Å²) in [7, 11) is 0. The molecule has 32 heavy (non-hydrogen) atoms. The van der Waals surface area contributed by atoms with Gasteiger partial charge in [0.05, 0.1) is 18.2 Å². The number of aliphatic hydroxyl groups is 1. The van der Waals surface area contributed by atoms with Crippen LogP contribution in [0.1, 0.15) is 36.1 Å². The Hall–Kier alpha value is -3.93. The lowest BCUT2D eigenvalue weighted by Crippen LogP contribution is -2.29. The van der Waals surface area contributed by atoms with E-state index in [0.29, 0.717) is 23.5 Å². The van der Waals surface area contributed by atoms with Crippen LogP contribution in [0, 0.1) is 0 Å². The first-order valence-electron chi connectivity index (χ1n) is 10.6. The lowest BCUT2D eigenvalue weighted by molar-refractivity contribution is -0.140. The fourth-order valence-corrected chi connectivity index (χ4v) is 3.83. The van der Waals surface area contributed by atoms with Crippen LogP contribution in [0.3, 0.4) is 0 Å². The lowest BCUT2D eigenvalue weighted by Gasteiger charge is -2.26. The summed E-state index contributed by atoms with van der Waals surface area (Å²) in [4.78, 5) is 31.7. The summed E-state index contributed by atoms with van der Waals surface area (Å²) in [5.41, 5.74) is 2.08. The van der Waals surface area contributed by atoms with Gasteiger partial charge in [-0.25, -0.2) is 0 Å². The van der Waals surface area contributed by atoms with Crippen molar-refractivity contribution in [2.24, 2.45) is 0 Å². The minimum atomic E-state index is -0.742. The van der Waals surface area contributed by atoms with Gasteiger partial charge < -0.3 is 14.7 Å². The van der Waals surface area contributed by atoms with Crippen LogP contribution in [0.2, 0.25) is 0 Å². The van der Waals surface area contributed by atoms with Gasteiger partial charge in [0.15, 0.2) is 0 Å². The van der Waals surface area contributed by atoms with Gasteiger partial charge in [0.1, 0.15) is 11.5 Å². The number of hydrogen-bond acceptors (Lipinski definition) is 5. The number of aliphatic hydroxyl groups excluding tert-OH is 1. The maximum atomic E-state index is 13.1. The van der Waals surface area contributed by atoms with E-state index < -0.39 is 17.7 Å². The molecule has 1 aliphatic heterocycles. The van der Waals surface area contributed by atoms with Crippen molar-refractivity contribution in [1.29, 1.82) is 0 Å². The third-order valence-corrected chi connectivity index (χ3v) is 5.34. The number of ketones is 1. The molecule has 3 aromatic rings. The van der Waals surface area contributed by atoms with Crippen LogP contribution in [-0.4, -0.2) is 33.3 Å². The first-order valence-corrected chi connectivity index (χ1v) is 10.6. The molecule has 0 radical (unpaired) electrons. The highest BCUT2D eigenvalue weighted by Gasteiger charge is 2.46. The van der Waals surface area contributed by atoms with Gasteiger partial charge in [-0.3, -0.25) is 14.6 Å². The SMILES string of the molecule is CCCOc1cccc(C2/C(=C(\O)c3ccncc3)C(=O)C(=O)N2Cc2ccccc2)c1. The van der Waals surface area contributed by atoms with E-state index in [0.717, 1.165) is 12.0 Å². The number of carbonyl (C=O) groups excluding carboxylic acids is 2. The third-order valence-electron chi connectivity index (χ3n) is 5.34. The predicted octanol–water partition coefficient (Wildman–Crippen LogP) is 4.49. The molecule has 1 amide bonds. The van der Waals surface area contributed by atoms with Crippen molar-refractivity contribution < 1.29 is 19.4 Å². The second-order valence-corrected chi connectivity index (χ2v) is 7.57. The van der Waals surface area contributed by atoms with E-state index in [1.807, 2.05) is 61.5 Å². The Kier molecular flexibility index (Phi) is 6.31. The third kappa shape index (κ3) is 4.25. The average Bonchev–Trinajstić information content (AvgIpc) is 3.08. The molecule has 1 aromatic heterocycles. The molecule has 0 bridgehead atoms. The number of amides is 1. The summed E-state index contributed by atoms with van der Waals surface area (Å²) in [6, 6.07) is 19.3. The molecule has 1 saturated heterocycles. The van der Waals surface area contributed by atoms with Crippen LogP contribution in [-0.2, 0) is 16.1 Å². The summed E-state index contributed by atoms with van der Waals surface area (Å²) >= 11 is 0. The standard InChI is InChI=1S/C26H24N2O4/c1-2-15-32-21-10-6-9-20(16-21)23-22(24(29)19-11-13-27-14-12-19)25(30)26(31)28(23)17-18-7-4-3-5-8-18/h3-14,16,23,29H,2,15,17H2,1H3/b24-22+. The highest BCUT2D eigenvalue weighted by Crippen LogP contribution is 2.41. The number of nitrogens with zero attached hydrogens (tertiary/aromatic N) is 2. The quantitative estimate of drug-likeness (QED) is 0.341. The topological polar surface area (TPSA) is 79.7 Å². The van der Waals surface area contributed by atoms with Crippen LogP contribution >= 0.6 is 0 Å². The molecular formula is C26H24N2O4. The number of hydrogen-bond donors (Lipinski definition) is 1. The molecule has 0 aliphatic carbocycles. The van der Waals surface area contributed by atoms with Gasteiger partial charge in [0.25, 0.3) is 11.7 Å². The number of pyridine rings is 1. The van der Waals surface area contributed by atoms with Crippen molar-refractivity contribution in [2.75, 3.05) is 6.61 Å². The molecule has 6 heteroatoms. The van der Waals surface area contributed by atoms with Gasteiger partial charge in [-0.05, 0) is 41.8 Å². The normalized spacial score (nSPS) is 17.5. The molecule has 0 spiro atoms. The fourth-order valence-electron chi connectivity index (χ4n) is 3.83. The van der Waals surface area contributed by atoms with Crippen molar-refractivity contribution in [3.8, 4) is 5.75 Å². The number of benzene rings is 2. The minimum Gasteiger partial charge on any atom is -0.507 e. The van der Waals surface area contributed by atoms with Gasteiger partial charge in [-0.1, -0.05) is 49.4 Å². The lowest BCUT2D eigenvalue weighted by atomic mass is 9.95. The average molecular weight is 428 g/mol. The fraction of sp³-hybridized carbons (Fsp3) is 0.192. The monoisotopic (exact) mass is 428 g/mol. The summed E-state index contributed by atoms with van der Waals surface area (Å²) in [6.07, 6.45) is 3.92. The van der Waals surface area contributed by atoms with Gasteiger partial charge in [0.2, 0.25) is 0 Å². The number of carbonyl (C=O) groups is 2. The van der Waals surface area contributed by atoms with E-state index in [1.165, 1.54) is 17.3 Å². The molecule has 6 nitrogen and oxygen atoms in total. The highest BCUT2D eigenvalue weighted by molar-refractivity contribution is 6.46. The molecule has 1 N–H and O–H groups in total. The smallest absolute Gasteiger partial charge is 0.295 e. The molecule has 1 atom stereocenters. The summed E-state index contributed by atoms with van der Waals surface area (Å²) in [5.74, 6) is -0.917. The second-order valence-electron chi connectivity index (χ2n) is 7.57. The van der Waals surface area contributed by atoms with E-state index in [1.54, 1.807) is 12.1 Å². The van der Waals surface area contributed by atoms with Gasteiger partial charge >= 0.3 is 0 Å². The molecule has 1 fully saturated rings. The predicted molar refractivity (Wildman–Crippen MR) is 121 cm³/mol. The highest BCUT2D eigenvalue weighted by atomic mass is 16.5. The van der Waals surface area contributed by atoms with E-state index in [9.17, 15) is 14.7 Å². The Morgan fingerprint density at radius 3 is 2.50 bits per heavy atom. The zero-order valence-corrected chi connectivity index (χ0v) is 17.8. The molecule has 0 saturated carbocycles. The molecule has 162 valence electrons. The van der Waals surface area contributed by atoms with Crippen molar-refractivity contribution in [1.82, 2.24) is 9.88 Å². The van der Waals surface area contributed by atoms with Gasteiger partial charge in [-0.15, -0.1) is 0 Å². The number of ether oxygens (including phenoxy) is 1. The molecule has 1 aliphatic rings. The number of likely N-dealkylation sites (tertiary alicyclic amines) is 1. The maximum absolute atomic E-state index is 13.1. The van der Waals surface area contributed by atoms with E-state index in [4.69, 9.17) is 4.74 Å². The van der Waals surface area contributed by atoms with E-state index in [2.05, 4.69) is 4.98 Å². The molecule has 2 aromatic carbocycles.